The molecule has 9 heteroatoms. The van der Waals surface area contributed by atoms with Gasteiger partial charge in [0, 0.05) is 31.7 Å². The Kier molecular flexibility index (Phi) is 6.81. The van der Waals surface area contributed by atoms with Crippen LogP contribution in [-0.4, -0.2) is 71.4 Å². The van der Waals surface area contributed by atoms with E-state index < -0.39 is 0 Å². The van der Waals surface area contributed by atoms with Crippen LogP contribution in [0.4, 0.5) is 0 Å². The molecule has 2 N–H and O–H groups in total. The highest BCUT2D eigenvalue weighted by molar-refractivity contribution is 5.96. The molecule has 9 nitrogen and oxygen atoms in total. The van der Waals surface area contributed by atoms with Gasteiger partial charge in [-0.3, -0.25) is 14.7 Å². The number of rotatable bonds is 1. The number of H-pyrrole nitrogens is 1. The number of nitrogens with zero attached hydrogens (tertiary/aromatic N) is 3. The minimum absolute atomic E-state index is 0.0497. The SMILES string of the molecule is O=C1NCCOCCCCC2(CCN(C(=O)c3ncn[nH]3)CC2)COc2ccccc21. The summed E-state index contributed by atoms with van der Waals surface area (Å²) in [5, 5.41) is 9.32. The van der Waals surface area contributed by atoms with Crippen LogP contribution >= 0.6 is 0 Å². The Bertz CT molecular complexity index is 878. The lowest BCUT2D eigenvalue weighted by Crippen LogP contribution is -2.46. The predicted molar refractivity (Wildman–Crippen MR) is 113 cm³/mol. The van der Waals surface area contributed by atoms with E-state index in [4.69, 9.17) is 9.47 Å². The van der Waals surface area contributed by atoms with Crippen LogP contribution in [0.1, 0.15) is 53.1 Å². The van der Waals surface area contributed by atoms with Gasteiger partial charge in [-0.2, -0.15) is 5.10 Å². The van der Waals surface area contributed by atoms with E-state index in [0.717, 1.165) is 32.1 Å². The number of carbonyl (C=O) groups is 2. The largest absolute Gasteiger partial charge is 0.492 e. The zero-order valence-corrected chi connectivity index (χ0v) is 17.6. The molecule has 31 heavy (non-hydrogen) atoms. The van der Waals surface area contributed by atoms with E-state index in [1.165, 1.54) is 6.33 Å². The molecule has 0 radical (unpaired) electrons. The van der Waals surface area contributed by atoms with Gasteiger partial charge in [-0.15, -0.1) is 0 Å². The molecule has 0 atom stereocenters. The molecule has 1 aromatic carbocycles. The molecule has 166 valence electrons. The molecule has 0 aliphatic carbocycles. The normalized spacial score (nSPS) is 20.3. The maximum absolute atomic E-state index is 12.6. The summed E-state index contributed by atoms with van der Waals surface area (Å²) < 4.78 is 11.9. The molecule has 4 rings (SSSR count). The Morgan fingerprint density at radius 3 is 2.74 bits per heavy atom. The number of nitrogens with one attached hydrogen (secondary N) is 2. The number of piperidine rings is 1. The van der Waals surface area contributed by atoms with Gasteiger partial charge in [0.15, 0.2) is 0 Å². The molecule has 1 fully saturated rings. The van der Waals surface area contributed by atoms with Crippen molar-refractivity contribution >= 4 is 11.8 Å². The first-order valence-electron chi connectivity index (χ1n) is 10.9. The van der Waals surface area contributed by atoms with Crippen LogP contribution in [0.5, 0.6) is 5.75 Å². The summed E-state index contributed by atoms with van der Waals surface area (Å²) in [4.78, 5) is 31.0. The Morgan fingerprint density at radius 2 is 1.94 bits per heavy atom. The van der Waals surface area contributed by atoms with Crippen molar-refractivity contribution in [2.45, 2.75) is 32.1 Å². The highest BCUT2D eigenvalue weighted by Gasteiger charge is 2.37. The van der Waals surface area contributed by atoms with E-state index in [1.54, 1.807) is 6.07 Å². The molecular formula is C22H29N5O4. The first-order chi connectivity index (χ1) is 15.2. The first kappa shape index (κ1) is 21.3. The van der Waals surface area contributed by atoms with Crippen molar-refractivity contribution in [3.05, 3.63) is 42.0 Å². The minimum Gasteiger partial charge on any atom is -0.492 e. The third-order valence-electron chi connectivity index (χ3n) is 6.17. The Labute approximate surface area is 181 Å². The van der Waals surface area contributed by atoms with Gasteiger partial charge in [0.1, 0.15) is 12.1 Å². The number of carbonyl (C=O) groups excluding carboxylic acids is 2. The monoisotopic (exact) mass is 427 g/mol. The third kappa shape index (κ3) is 5.22. The van der Waals surface area contributed by atoms with Crippen molar-refractivity contribution < 1.29 is 19.1 Å². The van der Waals surface area contributed by atoms with Crippen LogP contribution in [0.15, 0.2) is 30.6 Å². The van der Waals surface area contributed by atoms with E-state index in [1.807, 2.05) is 23.1 Å². The number of likely N-dealkylation sites (tertiary alicyclic amines) is 1. The molecule has 2 aromatic rings. The molecule has 0 bridgehead atoms. The van der Waals surface area contributed by atoms with Gasteiger partial charge >= 0.3 is 0 Å². The quantitative estimate of drug-likeness (QED) is 0.721. The third-order valence-corrected chi connectivity index (χ3v) is 6.17. The van der Waals surface area contributed by atoms with Crippen molar-refractivity contribution in [2.75, 3.05) is 39.5 Å². The summed E-state index contributed by atoms with van der Waals surface area (Å²) in [5.74, 6) is 0.593. The summed E-state index contributed by atoms with van der Waals surface area (Å²) >= 11 is 0. The van der Waals surface area contributed by atoms with Gasteiger partial charge in [-0.25, -0.2) is 4.98 Å². The molecule has 0 unspecified atom stereocenters. The Hall–Kier alpha value is -2.94. The van der Waals surface area contributed by atoms with Crippen molar-refractivity contribution in [1.29, 1.82) is 0 Å². The van der Waals surface area contributed by atoms with Gasteiger partial charge in [0.2, 0.25) is 5.82 Å². The van der Waals surface area contributed by atoms with Gasteiger partial charge in [-0.05, 0) is 37.8 Å². The number of para-hydroxylation sites is 1. The topological polar surface area (TPSA) is 109 Å². The van der Waals surface area contributed by atoms with E-state index in [-0.39, 0.29) is 23.1 Å². The molecule has 2 aliphatic rings. The lowest BCUT2D eigenvalue weighted by molar-refractivity contribution is 0.0334. The summed E-state index contributed by atoms with van der Waals surface area (Å²) in [6, 6.07) is 7.34. The van der Waals surface area contributed by atoms with Gasteiger partial charge < -0.3 is 19.7 Å². The number of hydrogen-bond acceptors (Lipinski definition) is 6. The van der Waals surface area contributed by atoms with Crippen molar-refractivity contribution in [2.24, 2.45) is 5.41 Å². The lowest BCUT2D eigenvalue weighted by Gasteiger charge is -2.41. The number of benzene rings is 1. The fourth-order valence-electron chi connectivity index (χ4n) is 4.26. The van der Waals surface area contributed by atoms with Crippen LogP contribution < -0.4 is 10.1 Å². The fourth-order valence-corrected chi connectivity index (χ4v) is 4.26. The average Bonchev–Trinajstić information content (AvgIpc) is 3.34. The maximum atomic E-state index is 12.6. The second-order valence-electron chi connectivity index (χ2n) is 8.24. The van der Waals surface area contributed by atoms with Crippen molar-refractivity contribution in [1.82, 2.24) is 25.4 Å². The minimum atomic E-state index is -0.155. The van der Waals surface area contributed by atoms with Crippen LogP contribution in [0.3, 0.4) is 0 Å². The molecule has 3 heterocycles. The number of aromatic nitrogens is 3. The molecule has 2 amide bonds. The lowest BCUT2D eigenvalue weighted by atomic mass is 9.75. The van der Waals surface area contributed by atoms with Gasteiger partial charge in [0.05, 0.1) is 18.8 Å². The molecule has 1 aromatic heterocycles. The average molecular weight is 428 g/mol. The van der Waals surface area contributed by atoms with Gasteiger partial charge in [-0.1, -0.05) is 18.6 Å². The number of aromatic amines is 1. The molecule has 1 saturated heterocycles. The highest BCUT2D eigenvalue weighted by Crippen LogP contribution is 2.38. The van der Waals surface area contributed by atoms with E-state index in [2.05, 4.69) is 20.5 Å². The smallest absolute Gasteiger partial charge is 0.291 e. The molecular weight excluding hydrogens is 398 g/mol. The fraction of sp³-hybridized carbons (Fsp3) is 0.545. The molecule has 1 spiro atoms. The van der Waals surface area contributed by atoms with Crippen LogP contribution in [0.25, 0.3) is 0 Å². The second kappa shape index (κ2) is 9.91. The van der Waals surface area contributed by atoms with Crippen LogP contribution in [-0.2, 0) is 4.74 Å². The number of hydrogen-bond donors (Lipinski definition) is 2. The predicted octanol–water partition coefficient (Wildman–Crippen LogP) is 2.04. The van der Waals surface area contributed by atoms with E-state index in [9.17, 15) is 9.59 Å². The molecule has 2 aliphatic heterocycles. The molecule has 0 saturated carbocycles. The van der Waals surface area contributed by atoms with Crippen molar-refractivity contribution in [3.63, 3.8) is 0 Å². The zero-order chi connectivity index (χ0) is 21.5. The Balaban J connectivity index is 1.47. The second-order valence-corrected chi connectivity index (χ2v) is 8.24. The van der Waals surface area contributed by atoms with Crippen LogP contribution in [0, 0.1) is 5.41 Å². The first-order valence-corrected chi connectivity index (χ1v) is 10.9. The van der Waals surface area contributed by atoms with E-state index >= 15 is 0 Å². The van der Waals surface area contributed by atoms with Crippen LogP contribution in [0.2, 0.25) is 0 Å². The standard InChI is InChI=1S/C22H29N5O4/c28-20-17-5-1-2-6-18(17)31-15-22(7-3-4-13-30-14-10-23-20)8-11-27(12-9-22)21(29)19-24-16-25-26-19/h1-2,5-6,16H,3-4,7-15H2,(H,23,28)(H,24,25,26). The summed E-state index contributed by atoms with van der Waals surface area (Å²) in [6.45, 7) is 3.45. The number of amides is 2. The van der Waals surface area contributed by atoms with Gasteiger partial charge in [0.25, 0.3) is 11.8 Å². The van der Waals surface area contributed by atoms with E-state index in [0.29, 0.717) is 50.8 Å². The van der Waals surface area contributed by atoms with Crippen molar-refractivity contribution in [3.8, 4) is 5.75 Å². The zero-order valence-electron chi connectivity index (χ0n) is 17.6. The highest BCUT2D eigenvalue weighted by atomic mass is 16.5. The number of ether oxygens (including phenoxy) is 2. The Morgan fingerprint density at radius 1 is 1.10 bits per heavy atom. The summed E-state index contributed by atoms with van der Waals surface area (Å²) in [5.41, 5.74) is 0.485. The number of fused-ring (bicyclic) bond motifs is 1. The summed E-state index contributed by atoms with van der Waals surface area (Å²) in [7, 11) is 0. The maximum Gasteiger partial charge on any atom is 0.291 e. The summed E-state index contributed by atoms with van der Waals surface area (Å²) in [6.07, 6.45) is 6.01.